The molecular formula is C25H30N4O2. The van der Waals surface area contributed by atoms with Crippen molar-refractivity contribution in [3.63, 3.8) is 0 Å². The van der Waals surface area contributed by atoms with Crippen molar-refractivity contribution < 1.29 is 9.53 Å². The number of benzene rings is 1. The van der Waals surface area contributed by atoms with Gasteiger partial charge in [-0.3, -0.25) is 14.5 Å². The van der Waals surface area contributed by atoms with Gasteiger partial charge in [0.15, 0.2) is 0 Å². The van der Waals surface area contributed by atoms with Crippen LogP contribution in [0.25, 0.3) is 11.3 Å². The lowest BCUT2D eigenvalue weighted by Crippen LogP contribution is -2.46. The van der Waals surface area contributed by atoms with E-state index in [-0.39, 0.29) is 18.1 Å². The summed E-state index contributed by atoms with van der Waals surface area (Å²) >= 11 is 0. The lowest BCUT2D eigenvalue weighted by Gasteiger charge is -2.30. The maximum Gasteiger partial charge on any atom is 0.270 e. The summed E-state index contributed by atoms with van der Waals surface area (Å²) in [5.74, 6) is -0.124. The van der Waals surface area contributed by atoms with Crippen LogP contribution in [0.4, 0.5) is 0 Å². The SMILES string of the molecule is COC1CCCCC1NC(=O)c1cc(Cc2ccc(-c3ccn(C)n3)cc2)c(C)cn1. The molecule has 162 valence electrons. The molecule has 0 bridgehead atoms. The number of amides is 1. The number of aryl methyl sites for hydroxylation is 2. The van der Waals surface area contributed by atoms with Gasteiger partial charge in [-0.25, -0.2) is 0 Å². The van der Waals surface area contributed by atoms with E-state index in [0.717, 1.165) is 54.5 Å². The number of hydrogen-bond acceptors (Lipinski definition) is 4. The third-order valence-electron chi connectivity index (χ3n) is 6.13. The molecule has 4 rings (SSSR count). The second-order valence-electron chi connectivity index (χ2n) is 8.38. The number of pyridine rings is 1. The Kier molecular flexibility index (Phi) is 6.47. The van der Waals surface area contributed by atoms with Gasteiger partial charge in [0, 0.05) is 32.1 Å². The maximum absolute atomic E-state index is 12.9. The minimum atomic E-state index is -0.124. The van der Waals surface area contributed by atoms with Crippen molar-refractivity contribution in [2.24, 2.45) is 7.05 Å². The van der Waals surface area contributed by atoms with E-state index >= 15 is 0 Å². The first kappa shape index (κ1) is 21.2. The summed E-state index contributed by atoms with van der Waals surface area (Å²) in [5.41, 5.74) is 5.90. The molecule has 2 heterocycles. The highest BCUT2D eigenvalue weighted by molar-refractivity contribution is 5.92. The van der Waals surface area contributed by atoms with E-state index in [2.05, 4.69) is 39.7 Å². The van der Waals surface area contributed by atoms with Gasteiger partial charge in [0.2, 0.25) is 0 Å². The summed E-state index contributed by atoms with van der Waals surface area (Å²) in [6.07, 6.45) is 8.78. The first-order valence-electron chi connectivity index (χ1n) is 10.9. The minimum absolute atomic E-state index is 0.0527. The van der Waals surface area contributed by atoms with Gasteiger partial charge < -0.3 is 10.1 Å². The van der Waals surface area contributed by atoms with Crippen molar-refractivity contribution in [3.8, 4) is 11.3 Å². The Hall–Kier alpha value is -2.99. The van der Waals surface area contributed by atoms with E-state index in [1.54, 1.807) is 18.0 Å². The van der Waals surface area contributed by atoms with Crippen LogP contribution in [0.3, 0.4) is 0 Å². The predicted molar refractivity (Wildman–Crippen MR) is 121 cm³/mol. The average molecular weight is 419 g/mol. The Labute approximate surface area is 183 Å². The number of carbonyl (C=O) groups is 1. The van der Waals surface area contributed by atoms with Crippen LogP contribution < -0.4 is 5.32 Å². The third kappa shape index (κ3) is 5.02. The fourth-order valence-corrected chi connectivity index (χ4v) is 4.25. The van der Waals surface area contributed by atoms with E-state index in [0.29, 0.717) is 5.69 Å². The Balaban J connectivity index is 1.47. The van der Waals surface area contributed by atoms with Crippen LogP contribution in [0.5, 0.6) is 0 Å². The Bertz CT molecular complexity index is 1040. The van der Waals surface area contributed by atoms with Crippen LogP contribution in [0.1, 0.15) is 52.9 Å². The zero-order chi connectivity index (χ0) is 21.8. The van der Waals surface area contributed by atoms with Crippen molar-refractivity contribution in [3.05, 3.63) is 71.2 Å². The number of methoxy groups -OCH3 is 1. The van der Waals surface area contributed by atoms with Gasteiger partial charge >= 0.3 is 0 Å². The molecule has 1 fully saturated rings. The van der Waals surface area contributed by atoms with Crippen LogP contribution in [-0.2, 0) is 18.2 Å². The molecule has 1 aliphatic rings. The normalized spacial score (nSPS) is 18.7. The van der Waals surface area contributed by atoms with Crippen molar-refractivity contribution in [2.75, 3.05) is 7.11 Å². The molecule has 31 heavy (non-hydrogen) atoms. The number of carbonyl (C=O) groups excluding carboxylic acids is 1. The quantitative estimate of drug-likeness (QED) is 0.655. The van der Waals surface area contributed by atoms with Gasteiger partial charge in [0.05, 0.1) is 17.8 Å². The average Bonchev–Trinajstić information content (AvgIpc) is 3.22. The number of hydrogen-bond donors (Lipinski definition) is 1. The van der Waals surface area contributed by atoms with Gasteiger partial charge in [0.1, 0.15) is 5.69 Å². The van der Waals surface area contributed by atoms with Gasteiger partial charge in [-0.15, -0.1) is 0 Å². The van der Waals surface area contributed by atoms with Crippen LogP contribution in [0.15, 0.2) is 48.8 Å². The molecule has 0 radical (unpaired) electrons. The smallest absolute Gasteiger partial charge is 0.270 e. The van der Waals surface area contributed by atoms with Crippen molar-refractivity contribution in [1.29, 1.82) is 0 Å². The fraction of sp³-hybridized carbons (Fsp3) is 0.400. The molecule has 0 saturated heterocycles. The summed E-state index contributed by atoms with van der Waals surface area (Å²) in [7, 11) is 3.64. The lowest BCUT2D eigenvalue weighted by molar-refractivity contribution is 0.0391. The fourth-order valence-electron chi connectivity index (χ4n) is 4.25. The highest BCUT2D eigenvalue weighted by Crippen LogP contribution is 2.22. The van der Waals surface area contributed by atoms with Crippen LogP contribution in [0, 0.1) is 6.92 Å². The topological polar surface area (TPSA) is 69.0 Å². The van der Waals surface area contributed by atoms with Crippen LogP contribution >= 0.6 is 0 Å². The van der Waals surface area contributed by atoms with Crippen molar-refractivity contribution >= 4 is 5.91 Å². The molecule has 6 nitrogen and oxygen atoms in total. The molecule has 1 saturated carbocycles. The first-order chi connectivity index (χ1) is 15.0. The Morgan fingerprint density at radius 3 is 2.68 bits per heavy atom. The molecule has 0 aliphatic heterocycles. The number of ether oxygens (including phenoxy) is 1. The molecule has 1 aromatic carbocycles. The molecule has 1 aliphatic carbocycles. The molecule has 2 aromatic heterocycles. The zero-order valence-electron chi connectivity index (χ0n) is 18.5. The third-order valence-corrected chi connectivity index (χ3v) is 6.13. The molecular weight excluding hydrogens is 388 g/mol. The van der Waals surface area contributed by atoms with E-state index < -0.39 is 0 Å². The van der Waals surface area contributed by atoms with Gasteiger partial charge in [-0.05, 0) is 55.0 Å². The van der Waals surface area contributed by atoms with Crippen molar-refractivity contribution in [1.82, 2.24) is 20.1 Å². The van der Waals surface area contributed by atoms with E-state index in [4.69, 9.17) is 4.74 Å². The minimum Gasteiger partial charge on any atom is -0.379 e. The highest BCUT2D eigenvalue weighted by atomic mass is 16.5. The molecule has 1 amide bonds. The van der Waals surface area contributed by atoms with Gasteiger partial charge in [-0.2, -0.15) is 5.10 Å². The first-order valence-corrected chi connectivity index (χ1v) is 10.9. The molecule has 3 aromatic rings. The summed E-state index contributed by atoms with van der Waals surface area (Å²) in [6.45, 7) is 2.04. The highest BCUT2D eigenvalue weighted by Gasteiger charge is 2.27. The number of nitrogens with zero attached hydrogens (tertiary/aromatic N) is 3. The van der Waals surface area contributed by atoms with Gasteiger partial charge in [-0.1, -0.05) is 37.1 Å². The summed E-state index contributed by atoms with van der Waals surface area (Å²) in [6, 6.07) is 12.4. The summed E-state index contributed by atoms with van der Waals surface area (Å²) in [4.78, 5) is 17.2. The summed E-state index contributed by atoms with van der Waals surface area (Å²) in [5, 5.41) is 7.59. The predicted octanol–water partition coefficient (Wildman–Crippen LogP) is 4.07. The van der Waals surface area contributed by atoms with Crippen LogP contribution in [0.2, 0.25) is 0 Å². The number of aromatic nitrogens is 3. The molecule has 1 N–H and O–H groups in total. The second-order valence-corrected chi connectivity index (χ2v) is 8.38. The Morgan fingerprint density at radius 2 is 1.97 bits per heavy atom. The van der Waals surface area contributed by atoms with Gasteiger partial charge in [0.25, 0.3) is 5.91 Å². The molecule has 6 heteroatoms. The summed E-state index contributed by atoms with van der Waals surface area (Å²) < 4.78 is 7.37. The monoisotopic (exact) mass is 418 g/mol. The van der Waals surface area contributed by atoms with E-state index in [1.807, 2.05) is 32.3 Å². The maximum atomic E-state index is 12.9. The Morgan fingerprint density at radius 1 is 1.19 bits per heavy atom. The van der Waals surface area contributed by atoms with Crippen molar-refractivity contribution in [2.45, 2.75) is 51.2 Å². The lowest BCUT2D eigenvalue weighted by atomic mass is 9.92. The number of rotatable bonds is 6. The largest absolute Gasteiger partial charge is 0.379 e. The number of nitrogens with one attached hydrogen (secondary N) is 1. The van der Waals surface area contributed by atoms with Crippen LogP contribution in [-0.4, -0.2) is 39.9 Å². The molecule has 2 atom stereocenters. The van der Waals surface area contributed by atoms with E-state index in [1.165, 1.54) is 5.56 Å². The zero-order valence-corrected chi connectivity index (χ0v) is 18.5. The molecule has 0 spiro atoms. The second kappa shape index (κ2) is 9.43. The van der Waals surface area contributed by atoms with E-state index in [9.17, 15) is 4.79 Å². The standard InChI is InChI=1S/C25H30N4O2/c1-17-16-26-23(25(30)27-22-6-4-5-7-24(22)31-3)15-20(17)14-18-8-10-19(11-9-18)21-12-13-29(2)28-21/h8-13,15-16,22,24H,4-7,14H2,1-3H3,(H,27,30). The molecule has 2 unspecified atom stereocenters.